The standard InChI is InChI=1S/C14H13N3O3.Na.H/c18-13(12-9-15-6-7-16-12)17-11(14(19)20)8-10-4-2-1-3-5-10;;/h1-7,9,11H,8H2,(H,17,18)(H,19,20);;/t11-;;/m0../s1. The number of rotatable bonds is 5. The van der Waals surface area contributed by atoms with Crippen LogP contribution in [-0.4, -0.2) is 62.6 Å². The van der Waals surface area contributed by atoms with E-state index in [-0.39, 0.29) is 41.7 Å². The number of nitrogens with zero attached hydrogens (tertiary/aromatic N) is 2. The van der Waals surface area contributed by atoms with Crippen LogP contribution >= 0.6 is 0 Å². The van der Waals surface area contributed by atoms with Crippen molar-refractivity contribution >= 4 is 41.4 Å². The molecule has 1 heterocycles. The molecule has 1 atom stereocenters. The van der Waals surface area contributed by atoms with Crippen LogP contribution in [0.2, 0.25) is 0 Å². The quantitative estimate of drug-likeness (QED) is 0.772. The molecule has 2 rings (SSSR count). The molecule has 0 aliphatic rings. The first-order chi connectivity index (χ1) is 9.66. The molecule has 0 saturated heterocycles. The van der Waals surface area contributed by atoms with Crippen molar-refractivity contribution in [3.8, 4) is 0 Å². The zero-order chi connectivity index (χ0) is 14.4. The second-order valence-electron chi connectivity index (χ2n) is 4.14. The Bertz CT molecular complexity index is 593. The fourth-order valence-electron chi connectivity index (χ4n) is 1.70. The summed E-state index contributed by atoms with van der Waals surface area (Å²) < 4.78 is 0. The summed E-state index contributed by atoms with van der Waals surface area (Å²) in [7, 11) is 0. The number of hydrogen-bond donors (Lipinski definition) is 2. The van der Waals surface area contributed by atoms with Crippen LogP contribution in [0, 0.1) is 0 Å². The van der Waals surface area contributed by atoms with Gasteiger partial charge in [0.05, 0.1) is 6.20 Å². The van der Waals surface area contributed by atoms with E-state index in [9.17, 15) is 14.7 Å². The van der Waals surface area contributed by atoms with Gasteiger partial charge in [0.25, 0.3) is 5.91 Å². The number of hydrogen-bond acceptors (Lipinski definition) is 4. The minimum absolute atomic E-state index is 0. The Morgan fingerprint density at radius 1 is 1.19 bits per heavy atom. The van der Waals surface area contributed by atoms with Crippen LogP contribution < -0.4 is 5.32 Å². The molecule has 21 heavy (non-hydrogen) atoms. The van der Waals surface area contributed by atoms with Crippen LogP contribution in [0.15, 0.2) is 48.9 Å². The van der Waals surface area contributed by atoms with E-state index in [1.165, 1.54) is 18.6 Å². The molecular formula is C14H14N3NaO3. The van der Waals surface area contributed by atoms with Gasteiger partial charge in [-0.15, -0.1) is 0 Å². The third-order valence-electron chi connectivity index (χ3n) is 2.68. The Morgan fingerprint density at radius 2 is 1.90 bits per heavy atom. The predicted molar refractivity (Wildman–Crippen MR) is 78.2 cm³/mol. The van der Waals surface area contributed by atoms with Gasteiger partial charge in [-0.05, 0) is 5.56 Å². The van der Waals surface area contributed by atoms with Crippen LogP contribution in [0.1, 0.15) is 16.1 Å². The van der Waals surface area contributed by atoms with Crippen molar-refractivity contribution in [1.82, 2.24) is 15.3 Å². The van der Waals surface area contributed by atoms with Crippen molar-refractivity contribution in [3.63, 3.8) is 0 Å². The van der Waals surface area contributed by atoms with Gasteiger partial charge in [0.15, 0.2) is 0 Å². The van der Waals surface area contributed by atoms with Crippen molar-refractivity contribution in [1.29, 1.82) is 0 Å². The number of carboxylic acid groups (broad SMARTS) is 1. The molecule has 0 spiro atoms. The first-order valence-electron chi connectivity index (χ1n) is 6.00. The fraction of sp³-hybridized carbons (Fsp3) is 0.143. The Morgan fingerprint density at radius 3 is 2.48 bits per heavy atom. The molecule has 1 aromatic heterocycles. The zero-order valence-corrected chi connectivity index (χ0v) is 10.6. The van der Waals surface area contributed by atoms with E-state index in [0.29, 0.717) is 0 Å². The van der Waals surface area contributed by atoms with E-state index < -0.39 is 17.9 Å². The van der Waals surface area contributed by atoms with E-state index in [4.69, 9.17) is 0 Å². The zero-order valence-electron chi connectivity index (χ0n) is 10.6. The summed E-state index contributed by atoms with van der Waals surface area (Å²) in [4.78, 5) is 30.7. The predicted octanol–water partition coefficient (Wildman–Crippen LogP) is 0.254. The Hall–Kier alpha value is -1.76. The summed E-state index contributed by atoms with van der Waals surface area (Å²) in [5.74, 6) is -1.65. The van der Waals surface area contributed by atoms with Crippen LogP contribution in [-0.2, 0) is 11.2 Å². The summed E-state index contributed by atoms with van der Waals surface area (Å²) in [6.45, 7) is 0. The second-order valence-corrected chi connectivity index (χ2v) is 4.14. The van der Waals surface area contributed by atoms with Gasteiger partial charge in [-0.2, -0.15) is 0 Å². The SMILES string of the molecule is O=C(N[C@@H](Cc1ccccc1)C(=O)O)c1cnccn1.[NaH]. The van der Waals surface area contributed by atoms with Gasteiger partial charge < -0.3 is 10.4 Å². The molecule has 0 radical (unpaired) electrons. The van der Waals surface area contributed by atoms with Gasteiger partial charge >= 0.3 is 35.5 Å². The summed E-state index contributed by atoms with van der Waals surface area (Å²) in [6.07, 6.45) is 4.32. The number of carbonyl (C=O) groups is 2. The minimum atomic E-state index is -1.09. The van der Waals surface area contributed by atoms with Crippen LogP contribution in [0.25, 0.3) is 0 Å². The number of aromatic nitrogens is 2. The molecule has 0 fully saturated rings. The molecule has 0 aliphatic heterocycles. The molecule has 2 aromatic rings. The third-order valence-corrected chi connectivity index (χ3v) is 2.68. The number of amides is 1. The van der Waals surface area contributed by atoms with E-state index in [0.717, 1.165) is 5.56 Å². The number of carbonyl (C=O) groups excluding carboxylic acids is 1. The Kier molecular flexibility index (Phi) is 7.01. The molecular weight excluding hydrogens is 281 g/mol. The maximum atomic E-state index is 11.9. The molecule has 1 amide bonds. The molecule has 0 unspecified atom stereocenters. The molecule has 6 nitrogen and oxygen atoms in total. The van der Waals surface area contributed by atoms with Gasteiger partial charge in [0.2, 0.25) is 0 Å². The molecule has 1 aromatic carbocycles. The maximum absolute atomic E-state index is 11.9. The first-order valence-corrected chi connectivity index (χ1v) is 6.00. The molecule has 2 N–H and O–H groups in total. The van der Waals surface area contributed by atoms with Gasteiger partial charge in [-0.1, -0.05) is 30.3 Å². The van der Waals surface area contributed by atoms with E-state index in [1.54, 1.807) is 0 Å². The Labute approximate surface area is 143 Å². The van der Waals surface area contributed by atoms with Gasteiger partial charge in [-0.3, -0.25) is 9.78 Å². The summed E-state index contributed by atoms with van der Waals surface area (Å²) in [5.41, 5.74) is 0.922. The molecule has 0 bridgehead atoms. The molecule has 7 heteroatoms. The van der Waals surface area contributed by atoms with Gasteiger partial charge in [0, 0.05) is 18.8 Å². The molecule has 0 aliphatic carbocycles. The monoisotopic (exact) mass is 295 g/mol. The summed E-state index contributed by atoms with van der Waals surface area (Å²) in [5, 5.41) is 11.6. The average Bonchev–Trinajstić information content (AvgIpc) is 2.48. The van der Waals surface area contributed by atoms with E-state index >= 15 is 0 Å². The average molecular weight is 295 g/mol. The van der Waals surface area contributed by atoms with Crippen LogP contribution in [0.3, 0.4) is 0 Å². The summed E-state index contributed by atoms with van der Waals surface area (Å²) >= 11 is 0. The fourth-order valence-corrected chi connectivity index (χ4v) is 1.70. The number of benzene rings is 1. The second kappa shape index (κ2) is 8.51. The van der Waals surface area contributed by atoms with Crippen LogP contribution in [0.5, 0.6) is 0 Å². The van der Waals surface area contributed by atoms with Crippen molar-refractivity contribution in [2.24, 2.45) is 0 Å². The molecule has 0 saturated carbocycles. The summed E-state index contributed by atoms with van der Waals surface area (Å²) in [6, 6.07) is 8.09. The first kappa shape index (κ1) is 17.3. The van der Waals surface area contributed by atoms with Gasteiger partial charge in [0.1, 0.15) is 11.7 Å². The normalized spacial score (nSPS) is 11.0. The Balaban J connectivity index is 0.00000220. The van der Waals surface area contributed by atoms with Crippen molar-refractivity contribution in [2.45, 2.75) is 12.5 Å². The van der Waals surface area contributed by atoms with Crippen molar-refractivity contribution in [3.05, 3.63) is 60.2 Å². The van der Waals surface area contributed by atoms with Crippen molar-refractivity contribution < 1.29 is 14.7 Å². The van der Waals surface area contributed by atoms with Gasteiger partial charge in [-0.25, -0.2) is 9.78 Å². The van der Waals surface area contributed by atoms with E-state index in [2.05, 4.69) is 15.3 Å². The number of aliphatic carboxylic acids is 1. The third kappa shape index (κ3) is 5.26. The molecule has 104 valence electrons. The number of nitrogens with one attached hydrogen (secondary N) is 1. The van der Waals surface area contributed by atoms with Crippen LogP contribution in [0.4, 0.5) is 0 Å². The number of carboxylic acids is 1. The topological polar surface area (TPSA) is 92.2 Å². The van der Waals surface area contributed by atoms with E-state index in [1.807, 2.05) is 30.3 Å². The van der Waals surface area contributed by atoms with Crippen molar-refractivity contribution in [2.75, 3.05) is 0 Å².